The standard InChI is InChI=1S/C16H19N7/c17-7-12-8-20-16(10-19-12)23-15-6-14(13(18)9-21-15)22-11-4-2-1-3-5-11/h6,8-11H,1-5,18H2,(H2,20,21,22,23). The number of aromatic nitrogens is 3. The van der Waals surface area contributed by atoms with Gasteiger partial charge in [-0.1, -0.05) is 19.3 Å². The lowest BCUT2D eigenvalue weighted by Crippen LogP contribution is -2.22. The zero-order valence-corrected chi connectivity index (χ0v) is 12.8. The van der Waals surface area contributed by atoms with Crippen LogP contribution in [0, 0.1) is 11.3 Å². The second-order valence-electron chi connectivity index (χ2n) is 5.66. The van der Waals surface area contributed by atoms with E-state index in [1.54, 1.807) is 6.20 Å². The van der Waals surface area contributed by atoms with Gasteiger partial charge in [0.15, 0.2) is 5.69 Å². The maximum absolute atomic E-state index is 8.73. The van der Waals surface area contributed by atoms with Gasteiger partial charge in [-0.2, -0.15) is 5.26 Å². The van der Waals surface area contributed by atoms with Gasteiger partial charge in [0.1, 0.15) is 17.7 Å². The topological polar surface area (TPSA) is 113 Å². The van der Waals surface area contributed by atoms with Gasteiger partial charge in [-0.25, -0.2) is 15.0 Å². The molecule has 4 N–H and O–H groups in total. The van der Waals surface area contributed by atoms with E-state index < -0.39 is 0 Å². The van der Waals surface area contributed by atoms with Crippen molar-refractivity contribution < 1.29 is 0 Å². The minimum absolute atomic E-state index is 0.278. The van der Waals surface area contributed by atoms with Gasteiger partial charge in [-0.3, -0.25) is 0 Å². The molecule has 2 aromatic heterocycles. The number of hydrogen-bond acceptors (Lipinski definition) is 7. The van der Waals surface area contributed by atoms with Crippen LogP contribution in [-0.2, 0) is 0 Å². The first kappa shape index (κ1) is 15.0. The molecule has 3 rings (SSSR count). The van der Waals surface area contributed by atoms with Gasteiger partial charge in [-0.15, -0.1) is 0 Å². The van der Waals surface area contributed by atoms with Crippen molar-refractivity contribution in [1.82, 2.24) is 15.0 Å². The molecule has 0 bridgehead atoms. The number of hydrogen-bond donors (Lipinski definition) is 3. The quantitative estimate of drug-likeness (QED) is 0.795. The molecule has 0 radical (unpaired) electrons. The smallest absolute Gasteiger partial charge is 0.158 e. The highest BCUT2D eigenvalue weighted by Gasteiger charge is 2.14. The summed E-state index contributed by atoms with van der Waals surface area (Å²) in [6, 6.07) is 4.28. The van der Waals surface area contributed by atoms with E-state index in [1.807, 2.05) is 12.1 Å². The molecule has 7 heteroatoms. The molecule has 1 aliphatic carbocycles. The molecule has 1 saturated carbocycles. The Morgan fingerprint density at radius 3 is 2.52 bits per heavy atom. The molecule has 118 valence electrons. The minimum atomic E-state index is 0.278. The van der Waals surface area contributed by atoms with Crippen LogP contribution in [0.5, 0.6) is 0 Å². The zero-order chi connectivity index (χ0) is 16.1. The maximum Gasteiger partial charge on any atom is 0.158 e. The summed E-state index contributed by atoms with van der Waals surface area (Å²) < 4.78 is 0. The van der Waals surface area contributed by atoms with E-state index in [-0.39, 0.29) is 5.69 Å². The molecule has 0 spiro atoms. The number of nitrogen functional groups attached to an aromatic ring is 1. The number of nitriles is 1. The van der Waals surface area contributed by atoms with Crippen LogP contribution < -0.4 is 16.4 Å². The highest BCUT2D eigenvalue weighted by Crippen LogP contribution is 2.27. The normalized spacial score (nSPS) is 14.9. The highest BCUT2D eigenvalue weighted by molar-refractivity contribution is 5.70. The maximum atomic E-state index is 8.73. The zero-order valence-electron chi connectivity index (χ0n) is 12.8. The Labute approximate surface area is 135 Å². The minimum Gasteiger partial charge on any atom is -0.396 e. The van der Waals surface area contributed by atoms with Gasteiger partial charge in [0.25, 0.3) is 0 Å². The van der Waals surface area contributed by atoms with Gasteiger partial charge >= 0.3 is 0 Å². The molecule has 0 amide bonds. The highest BCUT2D eigenvalue weighted by atomic mass is 15.1. The molecule has 0 saturated heterocycles. The molecule has 7 nitrogen and oxygen atoms in total. The van der Waals surface area contributed by atoms with Crippen LogP contribution in [0.15, 0.2) is 24.7 Å². The third-order valence-electron chi connectivity index (χ3n) is 3.92. The Morgan fingerprint density at radius 2 is 1.83 bits per heavy atom. The van der Waals surface area contributed by atoms with Crippen molar-refractivity contribution in [2.24, 2.45) is 0 Å². The van der Waals surface area contributed by atoms with Crippen molar-refractivity contribution in [2.45, 2.75) is 38.1 Å². The molecule has 1 aliphatic rings. The Kier molecular flexibility index (Phi) is 4.52. The first-order valence-electron chi connectivity index (χ1n) is 7.76. The van der Waals surface area contributed by atoms with E-state index in [1.165, 1.54) is 44.5 Å². The summed E-state index contributed by atoms with van der Waals surface area (Å²) in [5, 5.41) is 15.3. The van der Waals surface area contributed by atoms with Crippen molar-refractivity contribution in [3.8, 4) is 6.07 Å². The Bertz CT molecular complexity index is 699. The predicted molar refractivity (Wildman–Crippen MR) is 89.2 cm³/mol. The fourth-order valence-electron chi connectivity index (χ4n) is 2.71. The van der Waals surface area contributed by atoms with Crippen LogP contribution in [0.2, 0.25) is 0 Å². The Hall–Kier alpha value is -2.88. The first-order valence-corrected chi connectivity index (χ1v) is 7.76. The van der Waals surface area contributed by atoms with E-state index in [9.17, 15) is 0 Å². The lowest BCUT2D eigenvalue weighted by Gasteiger charge is -2.24. The summed E-state index contributed by atoms with van der Waals surface area (Å²) in [6.45, 7) is 0. The molecule has 1 fully saturated rings. The molecule has 2 heterocycles. The molecule has 23 heavy (non-hydrogen) atoms. The fourth-order valence-corrected chi connectivity index (χ4v) is 2.71. The van der Waals surface area contributed by atoms with E-state index >= 15 is 0 Å². The van der Waals surface area contributed by atoms with Crippen molar-refractivity contribution in [3.05, 3.63) is 30.4 Å². The summed E-state index contributed by atoms with van der Waals surface area (Å²) in [6.07, 6.45) is 10.7. The Morgan fingerprint density at radius 1 is 1.04 bits per heavy atom. The average Bonchev–Trinajstić information content (AvgIpc) is 2.59. The molecular weight excluding hydrogens is 290 g/mol. The largest absolute Gasteiger partial charge is 0.396 e. The molecule has 0 unspecified atom stereocenters. The van der Waals surface area contributed by atoms with E-state index in [0.29, 0.717) is 23.4 Å². The lowest BCUT2D eigenvalue weighted by atomic mass is 9.95. The van der Waals surface area contributed by atoms with Crippen LogP contribution in [-0.4, -0.2) is 21.0 Å². The summed E-state index contributed by atoms with van der Waals surface area (Å²) in [5.74, 6) is 1.17. The van der Waals surface area contributed by atoms with Crippen LogP contribution in [0.25, 0.3) is 0 Å². The van der Waals surface area contributed by atoms with Crippen LogP contribution >= 0.6 is 0 Å². The summed E-state index contributed by atoms with van der Waals surface area (Å²) in [5.41, 5.74) is 7.82. The predicted octanol–water partition coefficient (Wildman–Crippen LogP) is 2.81. The lowest BCUT2D eigenvalue weighted by molar-refractivity contribution is 0.463. The summed E-state index contributed by atoms with van der Waals surface area (Å²) in [7, 11) is 0. The van der Waals surface area contributed by atoms with Crippen molar-refractivity contribution in [3.63, 3.8) is 0 Å². The summed E-state index contributed by atoms with van der Waals surface area (Å²) >= 11 is 0. The monoisotopic (exact) mass is 309 g/mol. The molecule has 2 aromatic rings. The number of nitrogens with two attached hydrogens (primary N) is 1. The molecular formula is C16H19N7. The van der Waals surface area contributed by atoms with Gasteiger partial charge in [0.05, 0.1) is 30.0 Å². The number of rotatable bonds is 4. The average molecular weight is 309 g/mol. The Balaban J connectivity index is 1.72. The second-order valence-corrected chi connectivity index (χ2v) is 5.66. The van der Waals surface area contributed by atoms with Crippen LogP contribution in [0.1, 0.15) is 37.8 Å². The molecule has 0 aliphatic heterocycles. The van der Waals surface area contributed by atoms with Crippen LogP contribution in [0.3, 0.4) is 0 Å². The third kappa shape index (κ3) is 3.86. The molecule has 0 atom stereocenters. The first-order chi connectivity index (χ1) is 11.2. The van der Waals surface area contributed by atoms with E-state index in [2.05, 4.69) is 25.6 Å². The number of nitrogens with zero attached hydrogens (tertiary/aromatic N) is 4. The number of pyridine rings is 1. The number of anilines is 4. The van der Waals surface area contributed by atoms with Crippen molar-refractivity contribution in [1.29, 1.82) is 5.26 Å². The second kappa shape index (κ2) is 6.92. The van der Waals surface area contributed by atoms with Gasteiger partial charge in [0.2, 0.25) is 0 Å². The van der Waals surface area contributed by atoms with Gasteiger partial charge in [0, 0.05) is 12.1 Å². The SMILES string of the molecule is N#Cc1cnc(Nc2cc(NC3CCCCC3)c(N)cn2)cn1. The third-order valence-corrected chi connectivity index (χ3v) is 3.92. The van der Waals surface area contributed by atoms with E-state index in [4.69, 9.17) is 11.0 Å². The molecule has 0 aromatic carbocycles. The summed E-state index contributed by atoms with van der Waals surface area (Å²) in [4.78, 5) is 12.4. The van der Waals surface area contributed by atoms with E-state index in [0.717, 1.165) is 5.69 Å². The van der Waals surface area contributed by atoms with Crippen molar-refractivity contribution in [2.75, 3.05) is 16.4 Å². The van der Waals surface area contributed by atoms with Crippen molar-refractivity contribution >= 4 is 23.0 Å². The fraction of sp³-hybridized carbons (Fsp3) is 0.375. The number of nitrogens with one attached hydrogen (secondary N) is 2. The van der Waals surface area contributed by atoms with Gasteiger partial charge in [-0.05, 0) is 12.8 Å². The van der Waals surface area contributed by atoms with Gasteiger partial charge < -0.3 is 16.4 Å². The van der Waals surface area contributed by atoms with Crippen LogP contribution in [0.4, 0.5) is 23.0 Å².